The first-order chi connectivity index (χ1) is 8.01. The van der Waals surface area contributed by atoms with Crippen LogP contribution in [0.4, 0.5) is 5.95 Å². The predicted octanol–water partition coefficient (Wildman–Crippen LogP) is 0.185. The molecule has 94 valence electrons. The van der Waals surface area contributed by atoms with Gasteiger partial charge in [-0.05, 0) is 12.2 Å². The zero-order valence-corrected chi connectivity index (χ0v) is 11.0. The van der Waals surface area contributed by atoms with Gasteiger partial charge < -0.3 is 5.73 Å². The molecule has 2 heterocycles. The molecule has 0 spiro atoms. The number of rotatable bonds is 3. The summed E-state index contributed by atoms with van der Waals surface area (Å²) in [6.45, 7) is 0. The maximum atomic E-state index is 12.2. The number of nitrogens with two attached hydrogens (primary N) is 1. The molecule has 1 aliphatic heterocycles. The maximum Gasteiger partial charge on any atom is 0.246 e. The second-order valence-corrected chi connectivity index (χ2v) is 6.96. The van der Waals surface area contributed by atoms with E-state index in [0.29, 0.717) is 0 Å². The lowest BCUT2D eigenvalue weighted by Gasteiger charge is -2.22. The van der Waals surface area contributed by atoms with E-state index in [1.165, 1.54) is 16.7 Å². The lowest BCUT2D eigenvalue weighted by atomic mass is 10.3. The fourth-order valence-corrected chi connectivity index (χ4v) is 4.27. The van der Waals surface area contributed by atoms with Gasteiger partial charge in [0.2, 0.25) is 16.0 Å². The van der Waals surface area contributed by atoms with E-state index in [1.54, 1.807) is 18.8 Å². The van der Waals surface area contributed by atoms with Crippen molar-refractivity contribution in [1.82, 2.24) is 14.3 Å². The third kappa shape index (κ3) is 2.53. The molecule has 0 aromatic carbocycles. The topological polar surface area (TPSA) is 89.2 Å². The molecule has 2 rings (SSSR count). The largest absolute Gasteiger partial charge is 0.368 e. The number of aromatic nitrogens is 2. The molecule has 1 fully saturated rings. The van der Waals surface area contributed by atoms with E-state index in [4.69, 9.17) is 5.73 Å². The Morgan fingerprint density at radius 1 is 1.47 bits per heavy atom. The third-order valence-electron chi connectivity index (χ3n) is 2.74. The lowest BCUT2D eigenvalue weighted by Crippen LogP contribution is -2.37. The number of thioether (sulfide) groups is 1. The van der Waals surface area contributed by atoms with Gasteiger partial charge in [-0.2, -0.15) is 16.1 Å². The van der Waals surface area contributed by atoms with Crippen LogP contribution in [0.15, 0.2) is 17.3 Å². The molecule has 1 atom stereocenters. The number of anilines is 1. The van der Waals surface area contributed by atoms with Gasteiger partial charge in [-0.25, -0.2) is 18.4 Å². The van der Waals surface area contributed by atoms with E-state index >= 15 is 0 Å². The Morgan fingerprint density at radius 2 is 2.12 bits per heavy atom. The van der Waals surface area contributed by atoms with Crippen molar-refractivity contribution in [2.45, 2.75) is 17.4 Å². The Morgan fingerprint density at radius 3 is 2.65 bits per heavy atom. The zero-order valence-electron chi connectivity index (χ0n) is 9.41. The minimum Gasteiger partial charge on any atom is -0.368 e. The lowest BCUT2D eigenvalue weighted by molar-refractivity contribution is 0.394. The molecule has 17 heavy (non-hydrogen) atoms. The van der Waals surface area contributed by atoms with E-state index in [1.807, 2.05) is 0 Å². The third-order valence-corrected chi connectivity index (χ3v) is 5.75. The van der Waals surface area contributed by atoms with Crippen LogP contribution in [-0.4, -0.2) is 47.3 Å². The molecule has 8 heteroatoms. The van der Waals surface area contributed by atoms with Gasteiger partial charge >= 0.3 is 0 Å². The van der Waals surface area contributed by atoms with E-state index in [-0.39, 0.29) is 16.9 Å². The van der Waals surface area contributed by atoms with Gasteiger partial charge in [0.1, 0.15) is 4.90 Å². The summed E-state index contributed by atoms with van der Waals surface area (Å²) < 4.78 is 25.9. The molecule has 0 bridgehead atoms. The van der Waals surface area contributed by atoms with Crippen LogP contribution in [0.25, 0.3) is 0 Å². The van der Waals surface area contributed by atoms with Crippen molar-refractivity contribution in [3.05, 3.63) is 12.4 Å². The van der Waals surface area contributed by atoms with Crippen LogP contribution in [0.1, 0.15) is 6.42 Å². The number of hydrogen-bond acceptors (Lipinski definition) is 6. The Bertz CT molecular complexity index is 482. The van der Waals surface area contributed by atoms with E-state index in [9.17, 15) is 8.42 Å². The second-order valence-electron chi connectivity index (χ2n) is 3.82. The Balaban J connectivity index is 2.26. The predicted molar refractivity (Wildman–Crippen MR) is 67.1 cm³/mol. The van der Waals surface area contributed by atoms with E-state index in [0.717, 1.165) is 17.9 Å². The minimum atomic E-state index is -3.50. The Labute approximate surface area is 105 Å². The molecule has 1 aliphatic rings. The molecule has 1 unspecified atom stereocenters. The summed E-state index contributed by atoms with van der Waals surface area (Å²) in [4.78, 5) is 7.51. The summed E-state index contributed by atoms with van der Waals surface area (Å²) in [5.41, 5.74) is 5.33. The molecule has 0 aliphatic carbocycles. The van der Waals surface area contributed by atoms with Crippen LogP contribution < -0.4 is 5.73 Å². The number of sulfonamides is 1. The number of nitrogen functional groups attached to an aromatic ring is 1. The summed E-state index contributed by atoms with van der Waals surface area (Å²) in [6, 6.07) is 0.0579. The average Bonchev–Trinajstić information content (AvgIpc) is 2.82. The summed E-state index contributed by atoms with van der Waals surface area (Å²) in [6.07, 6.45) is 3.38. The molecule has 1 aromatic heterocycles. The van der Waals surface area contributed by atoms with Crippen LogP contribution in [-0.2, 0) is 10.0 Å². The fraction of sp³-hybridized carbons (Fsp3) is 0.556. The average molecular weight is 274 g/mol. The van der Waals surface area contributed by atoms with Gasteiger partial charge in [-0.3, -0.25) is 0 Å². The highest BCUT2D eigenvalue weighted by molar-refractivity contribution is 7.99. The van der Waals surface area contributed by atoms with Crippen molar-refractivity contribution >= 4 is 27.7 Å². The Hall–Kier alpha value is -0.860. The van der Waals surface area contributed by atoms with Gasteiger partial charge in [0.15, 0.2) is 0 Å². The molecular formula is C9H14N4O2S2. The van der Waals surface area contributed by atoms with Crippen molar-refractivity contribution in [2.24, 2.45) is 0 Å². The molecule has 0 saturated carbocycles. The minimum absolute atomic E-state index is 0.0579. The highest BCUT2D eigenvalue weighted by Crippen LogP contribution is 2.25. The SMILES string of the molecule is CN(C1CCSC1)S(=O)(=O)c1cnc(N)nc1. The van der Waals surface area contributed by atoms with Crippen LogP contribution >= 0.6 is 11.8 Å². The summed E-state index contributed by atoms with van der Waals surface area (Å²) in [5, 5.41) is 0. The Kier molecular flexibility index (Phi) is 3.55. The van der Waals surface area contributed by atoms with Crippen molar-refractivity contribution in [2.75, 3.05) is 24.3 Å². The fourth-order valence-electron chi connectivity index (χ4n) is 1.63. The van der Waals surface area contributed by atoms with Crippen molar-refractivity contribution in [1.29, 1.82) is 0 Å². The van der Waals surface area contributed by atoms with Gasteiger partial charge in [0.05, 0.1) is 12.4 Å². The monoisotopic (exact) mass is 274 g/mol. The van der Waals surface area contributed by atoms with E-state index in [2.05, 4.69) is 9.97 Å². The van der Waals surface area contributed by atoms with Crippen molar-refractivity contribution in [3.63, 3.8) is 0 Å². The second kappa shape index (κ2) is 4.79. The van der Waals surface area contributed by atoms with Crippen molar-refractivity contribution < 1.29 is 8.42 Å². The smallest absolute Gasteiger partial charge is 0.246 e. The molecule has 0 radical (unpaired) electrons. The van der Waals surface area contributed by atoms with Crippen molar-refractivity contribution in [3.8, 4) is 0 Å². The first-order valence-corrected chi connectivity index (χ1v) is 7.74. The standard InChI is InChI=1S/C9H14N4O2S2/c1-13(7-2-3-16-6-7)17(14,15)8-4-11-9(10)12-5-8/h4-5,7H,2-3,6H2,1H3,(H2,10,11,12). The first-order valence-electron chi connectivity index (χ1n) is 5.15. The highest BCUT2D eigenvalue weighted by Gasteiger charge is 2.30. The number of nitrogens with zero attached hydrogens (tertiary/aromatic N) is 3. The quantitative estimate of drug-likeness (QED) is 0.846. The summed E-state index contributed by atoms with van der Waals surface area (Å²) in [7, 11) is -1.90. The molecule has 6 nitrogen and oxygen atoms in total. The van der Waals surface area contributed by atoms with Crippen LogP contribution in [0, 0.1) is 0 Å². The molecule has 1 aromatic rings. The number of hydrogen-bond donors (Lipinski definition) is 1. The van der Waals surface area contributed by atoms with Gasteiger partial charge in [0, 0.05) is 18.8 Å². The van der Waals surface area contributed by atoms with Gasteiger partial charge in [0.25, 0.3) is 0 Å². The normalized spacial score (nSPS) is 20.9. The molecular weight excluding hydrogens is 260 g/mol. The van der Waals surface area contributed by atoms with Crippen LogP contribution in [0.5, 0.6) is 0 Å². The molecule has 0 amide bonds. The summed E-state index contributed by atoms with van der Waals surface area (Å²) >= 11 is 1.77. The first kappa shape index (κ1) is 12.6. The van der Waals surface area contributed by atoms with E-state index < -0.39 is 10.0 Å². The van der Waals surface area contributed by atoms with Gasteiger partial charge in [-0.1, -0.05) is 0 Å². The van der Waals surface area contributed by atoms with Crippen LogP contribution in [0.2, 0.25) is 0 Å². The summed E-state index contributed by atoms with van der Waals surface area (Å²) in [5.74, 6) is 1.91. The zero-order chi connectivity index (χ0) is 12.5. The molecule has 2 N–H and O–H groups in total. The maximum absolute atomic E-state index is 12.2. The molecule has 1 saturated heterocycles. The van der Waals surface area contributed by atoms with Gasteiger partial charge in [-0.15, -0.1) is 0 Å². The van der Waals surface area contributed by atoms with Crippen LogP contribution in [0.3, 0.4) is 0 Å². The highest BCUT2D eigenvalue weighted by atomic mass is 32.2.